The largest absolute Gasteiger partial charge is 0.282 e. The van der Waals surface area contributed by atoms with E-state index in [2.05, 4.69) is 5.43 Å². The molecule has 0 aliphatic carbocycles. The van der Waals surface area contributed by atoms with Crippen molar-refractivity contribution in [3.8, 4) is 0 Å². The van der Waals surface area contributed by atoms with E-state index >= 15 is 0 Å². The summed E-state index contributed by atoms with van der Waals surface area (Å²) in [5, 5.41) is 12.6. The van der Waals surface area contributed by atoms with E-state index in [0.29, 0.717) is 21.8 Å². The number of nitro benzene ring substituents is 1. The number of aryl methyl sites for hydroxylation is 2. The van der Waals surface area contributed by atoms with Crippen LogP contribution in [0.25, 0.3) is 6.08 Å². The van der Waals surface area contributed by atoms with Crippen LogP contribution in [-0.4, -0.2) is 16.7 Å². The lowest BCUT2D eigenvalue weighted by Crippen LogP contribution is -2.35. The van der Waals surface area contributed by atoms with Gasteiger partial charge in [0.05, 0.1) is 10.6 Å². The van der Waals surface area contributed by atoms with E-state index in [1.807, 2.05) is 6.92 Å². The van der Waals surface area contributed by atoms with Crippen molar-refractivity contribution in [2.75, 3.05) is 5.01 Å². The highest BCUT2D eigenvalue weighted by atomic mass is 35.5. The monoisotopic (exact) mass is 371 g/mol. The topological polar surface area (TPSA) is 92.6 Å². The summed E-state index contributed by atoms with van der Waals surface area (Å²) in [5.41, 5.74) is 4.44. The normalized spacial score (nSPS) is 15.5. The Hall–Kier alpha value is -3.19. The molecule has 1 fully saturated rings. The molecule has 0 unspecified atom stereocenters. The lowest BCUT2D eigenvalue weighted by atomic mass is 10.1. The number of nitrogens with one attached hydrogen (secondary N) is 1. The maximum atomic E-state index is 12.6. The lowest BCUT2D eigenvalue weighted by Gasteiger charge is -2.15. The average molecular weight is 372 g/mol. The average Bonchev–Trinajstić information content (AvgIpc) is 2.87. The highest BCUT2D eigenvalue weighted by Crippen LogP contribution is 2.27. The standard InChI is InChI=1S/C18H14ClN3O4/c1-10-4-6-13(9-15(10)19)21-18(24)14(17(23)20-21)7-12-5-3-11(2)16(8-12)22(25)26/h3-9H,1-2H3,(H,20,23)/b14-7-. The second kappa shape index (κ2) is 6.61. The third kappa shape index (κ3) is 3.16. The summed E-state index contributed by atoms with van der Waals surface area (Å²) in [4.78, 5) is 35.4. The Morgan fingerprint density at radius 1 is 1.12 bits per heavy atom. The van der Waals surface area contributed by atoms with Gasteiger partial charge in [-0.3, -0.25) is 25.1 Å². The van der Waals surface area contributed by atoms with Gasteiger partial charge in [0.2, 0.25) is 0 Å². The molecule has 0 radical (unpaired) electrons. The van der Waals surface area contributed by atoms with Gasteiger partial charge in [0.15, 0.2) is 0 Å². The van der Waals surface area contributed by atoms with Gasteiger partial charge in [0.25, 0.3) is 17.5 Å². The van der Waals surface area contributed by atoms with Crippen molar-refractivity contribution >= 4 is 40.9 Å². The van der Waals surface area contributed by atoms with Crippen LogP contribution in [-0.2, 0) is 9.59 Å². The van der Waals surface area contributed by atoms with Crippen LogP contribution in [0.2, 0.25) is 5.02 Å². The van der Waals surface area contributed by atoms with Crippen molar-refractivity contribution in [1.82, 2.24) is 5.43 Å². The predicted molar refractivity (Wildman–Crippen MR) is 97.6 cm³/mol. The number of hydrogen-bond acceptors (Lipinski definition) is 4. The molecule has 3 rings (SSSR count). The van der Waals surface area contributed by atoms with Crippen molar-refractivity contribution in [2.24, 2.45) is 0 Å². The maximum Gasteiger partial charge on any atom is 0.282 e. The van der Waals surface area contributed by atoms with Crippen molar-refractivity contribution in [1.29, 1.82) is 0 Å². The van der Waals surface area contributed by atoms with Crippen LogP contribution < -0.4 is 10.4 Å². The molecular formula is C18H14ClN3O4. The summed E-state index contributed by atoms with van der Waals surface area (Å²) in [6.45, 7) is 3.44. The molecular weight excluding hydrogens is 358 g/mol. The van der Waals surface area contributed by atoms with Crippen LogP contribution in [0, 0.1) is 24.0 Å². The zero-order valence-electron chi connectivity index (χ0n) is 13.9. The molecule has 0 atom stereocenters. The van der Waals surface area contributed by atoms with Crippen molar-refractivity contribution < 1.29 is 14.5 Å². The number of carbonyl (C=O) groups excluding carboxylic acids is 2. The fraction of sp³-hybridized carbons (Fsp3) is 0.111. The zero-order chi connectivity index (χ0) is 19.0. The summed E-state index contributed by atoms with van der Waals surface area (Å²) in [7, 11) is 0. The number of anilines is 1. The summed E-state index contributed by atoms with van der Waals surface area (Å²) < 4.78 is 0. The van der Waals surface area contributed by atoms with Crippen molar-refractivity contribution in [3.63, 3.8) is 0 Å². The molecule has 1 N–H and O–H groups in total. The van der Waals surface area contributed by atoms with Gasteiger partial charge in [-0.1, -0.05) is 29.8 Å². The quantitative estimate of drug-likeness (QED) is 0.387. The van der Waals surface area contributed by atoms with E-state index in [0.717, 1.165) is 10.6 Å². The molecule has 1 heterocycles. The Labute approximate surface area is 154 Å². The number of hydrazine groups is 1. The minimum Gasteiger partial charge on any atom is -0.267 e. The number of hydrogen-bond donors (Lipinski definition) is 1. The molecule has 8 heteroatoms. The Balaban J connectivity index is 1.96. The molecule has 7 nitrogen and oxygen atoms in total. The number of carbonyl (C=O) groups is 2. The van der Waals surface area contributed by atoms with Crippen LogP contribution in [0.4, 0.5) is 11.4 Å². The molecule has 2 aromatic rings. The maximum absolute atomic E-state index is 12.6. The Kier molecular flexibility index (Phi) is 4.48. The number of nitro groups is 1. The molecule has 0 aromatic heterocycles. The van der Waals surface area contributed by atoms with Gasteiger partial charge in [-0.2, -0.15) is 0 Å². The summed E-state index contributed by atoms with van der Waals surface area (Å²) in [6.07, 6.45) is 1.33. The Morgan fingerprint density at radius 2 is 1.81 bits per heavy atom. The summed E-state index contributed by atoms with van der Waals surface area (Å²) >= 11 is 6.08. The van der Waals surface area contributed by atoms with E-state index in [1.54, 1.807) is 37.3 Å². The van der Waals surface area contributed by atoms with E-state index in [9.17, 15) is 19.7 Å². The Bertz CT molecular complexity index is 984. The van der Waals surface area contributed by atoms with E-state index in [4.69, 9.17) is 11.6 Å². The number of amides is 2. The van der Waals surface area contributed by atoms with Crippen LogP contribution >= 0.6 is 11.6 Å². The van der Waals surface area contributed by atoms with E-state index < -0.39 is 16.7 Å². The molecule has 0 spiro atoms. The van der Waals surface area contributed by atoms with E-state index in [1.165, 1.54) is 12.1 Å². The van der Waals surface area contributed by atoms with Gasteiger partial charge in [-0.15, -0.1) is 0 Å². The number of halogens is 1. The molecule has 2 aromatic carbocycles. The smallest absolute Gasteiger partial charge is 0.267 e. The van der Waals surface area contributed by atoms with E-state index in [-0.39, 0.29) is 11.3 Å². The first-order valence-corrected chi connectivity index (χ1v) is 8.04. The molecule has 1 aliphatic heterocycles. The number of benzene rings is 2. The third-order valence-corrected chi connectivity index (χ3v) is 4.45. The van der Waals surface area contributed by atoms with Gasteiger partial charge >= 0.3 is 0 Å². The molecule has 0 saturated carbocycles. The van der Waals surface area contributed by atoms with Gasteiger partial charge in [-0.05, 0) is 43.2 Å². The van der Waals surface area contributed by atoms with Gasteiger partial charge in [0.1, 0.15) is 5.57 Å². The molecule has 1 aliphatic rings. The summed E-state index contributed by atoms with van der Waals surface area (Å²) in [6, 6.07) is 9.49. The molecule has 26 heavy (non-hydrogen) atoms. The van der Waals surface area contributed by atoms with Crippen molar-refractivity contribution in [3.05, 3.63) is 73.8 Å². The number of nitrogens with zero attached hydrogens (tertiary/aromatic N) is 2. The number of rotatable bonds is 3. The highest BCUT2D eigenvalue weighted by Gasteiger charge is 2.34. The minimum absolute atomic E-state index is 0.0765. The van der Waals surface area contributed by atoms with Gasteiger partial charge in [0, 0.05) is 16.7 Å². The lowest BCUT2D eigenvalue weighted by molar-refractivity contribution is -0.385. The second-order valence-electron chi connectivity index (χ2n) is 5.88. The van der Waals surface area contributed by atoms with Crippen LogP contribution in [0.5, 0.6) is 0 Å². The molecule has 0 bridgehead atoms. The fourth-order valence-electron chi connectivity index (χ4n) is 2.54. The first-order chi connectivity index (χ1) is 12.3. The third-order valence-electron chi connectivity index (χ3n) is 4.05. The second-order valence-corrected chi connectivity index (χ2v) is 6.28. The minimum atomic E-state index is -0.588. The highest BCUT2D eigenvalue weighted by molar-refractivity contribution is 6.33. The SMILES string of the molecule is Cc1ccc(N2NC(=O)/C(=C/c3ccc(C)c([N+](=O)[O-])c3)C2=O)cc1Cl. The molecule has 1 saturated heterocycles. The Morgan fingerprint density at radius 3 is 2.46 bits per heavy atom. The first kappa shape index (κ1) is 17.6. The van der Waals surface area contributed by atoms with Gasteiger partial charge < -0.3 is 0 Å². The van der Waals surface area contributed by atoms with Gasteiger partial charge in [-0.25, -0.2) is 5.01 Å². The summed E-state index contributed by atoms with van der Waals surface area (Å²) in [5.74, 6) is -1.15. The predicted octanol–water partition coefficient (Wildman–Crippen LogP) is 3.33. The first-order valence-electron chi connectivity index (χ1n) is 7.66. The molecule has 132 valence electrons. The zero-order valence-corrected chi connectivity index (χ0v) is 14.7. The molecule has 2 amide bonds. The van der Waals surface area contributed by atoms with Crippen LogP contribution in [0.15, 0.2) is 42.0 Å². The fourth-order valence-corrected chi connectivity index (χ4v) is 2.71. The van der Waals surface area contributed by atoms with Crippen LogP contribution in [0.3, 0.4) is 0 Å². The van der Waals surface area contributed by atoms with Crippen LogP contribution in [0.1, 0.15) is 16.7 Å². The van der Waals surface area contributed by atoms with Crippen molar-refractivity contribution in [2.45, 2.75) is 13.8 Å².